The van der Waals surface area contributed by atoms with Crippen LogP contribution in [0.4, 0.5) is 39.5 Å². The van der Waals surface area contributed by atoms with E-state index in [0.717, 1.165) is 46.5 Å². The summed E-state index contributed by atoms with van der Waals surface area (Å²) >= 11 is 0. The molecular weight excluding hydrogens is 1180 g/mol. The Morgan fingerprint density at radius 3 is 0.767 bits per heavy atom. The number of hydrogen-bond donors (Lipinski definition) is 2. The number of hydrogen-bond acceptors (Lipinski definition) is 10. The lowest BCUT2D eigenvalue weighted by molar-refractivity contribution is -0.138. The lowest BCUT2D eigenvalue weighted by Crippen LogP contribution is -2.41. The van der Waals surface area contributed by atoms with Crippen LogP contribution < -0.4 is 0 Å². The Morgan fingerprint density at radius 2 is 0.522 bits per heavy atom. The summed E-state index contributed by atoms with van der Waals surface area (Å²) in [6, 6.07) is 37.4. The van der Waals surface area contributed by atoms with Crippen molar-refractivity contribution in [2.75, 3.05) is 0 Å². The Balaban J connectivity index is 0.000000173. The molecule has 0 bridgehead atoms. The summed E-state index contributed by atoms with van der Waals surface area (Å²) in [6.45, 7) is 32.1. The highest BCUT2D eigenvalue weighted by molar-refractivity contribution is 7.11. The van der Waals surface area contributed by atoms with Gasteiger partial charge in [0, 0.05) is 19.0 Å². The maximum absolute atomic E-state index is 12.9. The summed E-state index contributed by atoms with van der Waals surface area (Å²) < 4.78 is 164. The lowest BCUT2D eigenvalue weighted by atomic mass is 9.49. The molecule has 6 aromatic carbocycles. The quantitative estimate of drug-likeness (QED) is 0.102. The van der Waals surface area contributed by atoms with Crippen molar-refractivity contribution in [2.45, 2.75) is 193 Å². The molecule has 0 saturated carbocycles. The predicted octanol–water partition coefficient (Wildman–Crippen LogP) is 16.3. The monoisotopic (exact) mass is 1260 g/mol. The molecule has 0 aliphatic carbocycles. The van der Waals surface area contributed by atoms with E-state index in [2.05, 4.69) is 0 Å². The summed E-state index contributed by atoms with van der Waals surface area (Å²) in [5, 5.41) is 17.8. The summed E-state index contributed by atoms with van der Waals surface area (Å²) in [4.78, 5) is 0. The van der Waals surface area contributed by atoms with Gasteiger partial charge in [-0.15, -0.1) is 0 Å². The molecule has 0 unspecified atom stereocenters. The molecule has 24 heteroatoms. The number of benzene rings is 6. The molecule has 0 amide bonds. The summed E-state index contributed by atoms with van der Waals surface area (Å²) in [7, 11) is -3.19. The minimum Gasteiger partial charge on any atom is -0.427 e. The van der Waals surface area contributed by atoms with Crippen molar-refractivity contribution in [3.8, 4) is 33.4 Å². The number of halogens is 9. The first-order chi connectivity index (χ1) is 41.2. The van der Waals surface area contributed by atoms with Crippen LogP contribution >= 0.6 is 0 Å². The molecule has 0 aromatic heterocycles. The van der Waals surface area contributed by atoms with Crippen molar-refractivity contribution in [3.05, 3.63) is 179 Å². The SMILES string of the molecule is CC1(C)OB(B2OC(C)(C)C(C)(C)O2)OC1(C)C.CC1(C)OB(Cc2cccc(-c3cccc(C(F)(F)F)c3)c2)OC1(C)C.CC1(C)OB(Cc2cccc(-c3cccc(C(F)(F)F)c3)c2)OC1(C)C.OB(O)Cc1cccc(-c2cccc(C(F)(F)F)c2)c1. The molecule has 2 N–H and O–H groups in total. The average Bonchev–Trinajstić information content (AvgIpc) is 1.81. The number of rotatable bonds is 10. The minimum absolute atomic E-state index is 0.0345. The second kappa shape index (κ2) is 26.5. The molecule has 0 atom stereocenters. The Labute approximate surface area is 525 Å². The van der Waals surface area contributed by atoms with Gasteiger partial charge in [-0.25, -0.2) is 0 Å². The van der Waals surface area contributed by atoms with Gasteiger partial charge in [-0.3, -0.25) is 0 Å². The van der Waals surface area contributed by atoms with Crippen LogP contribution in [-0.2, 0) is 74.7 Å². The molecule has 482 valence electrons. The third kappa shape index (κ3) is 17.6. The summed E-state index contributed by atoms with van der Waals surface area (Å²) in [5.41, 5.74) is 1.10. The zero-order chi connectivity index (χ0) is 67.1. The fourth-order valence-corrected chi connectivity index (χ4v) is 9.95. The van der Waals surface area contributed by atoms with Crippen LogP contribution in [0, 0.1) is 0 Å². The van der Waals surface area contributed by atoms with Crippen molar-refractivity contribution in [1.82, 2.24) is 0 Å². The smallest absolute Gasteiger partial charge is 0.427 e. The lowest BCUT2D eigenvalue weighted by Gasteiger charge is -2.32. The van der Waals surface area contributed by atoms with Crippen LogP contribution in [0.15, 0.2) is 146 Å². The van der Waals surface area contributed by atoms with Gasteiger partial charge in [0.1, 0.15) is 0 Å². The third-order valence-corrected chi connectivity index (χ3v) is 17.9. The highest BCUT2D eigenvalue weighted by Crippen LogP contribution is 2.44. The van der Waals surface area contributed by atoms with E-state index in [9.17, 15) is 39.5 Å². The Kier molecular flexibility index (Phi) is 21.3. The van der Waals surface area contributed by atoms with Crippen LogP contribution in [-0.4, -0.2) is 90.2 Å². The van der Waals surface area contributed by atoms with Gasteiger partial charge in [-0.1, -0.05) is 109 Å². The van der Waals surface area contributed by atoms with Crippen LogP contribution in [0.5, 0.6) is 0 Å². The Bertz CT molecular complexity index is 3190. The molecule has 4 saturated heterocycles. The molecule has 6 aromatic rings. The van der Waals surface area contributed by atoms with Crippen molar-refractivity contribution in [1.29, 1.82) is 0 Å². The topological polar surface area (TPSA) is 114 Å². The van der Waals surface area contributed by atoms with E-state index in [0.29, 0.717) is 40.5 Å². The normalized spacial score (nSPS) is 19.9. The second-order valence-corrected chi connectivity index (χ2v) is 27.1. The van der Waals surface area contributed by atoms with E-state index < -0.39 is 78.8 Å². The molecule has 90 heavy (non-hydrogen) atoms. The molecule has 10 nitrogen and oxygen atoms in total. The summed E-state index contributed by atoms with van der Waals surface area (Å²) in [6.07, 6.45) is -12.0. The zero-order valence-electron chi connectivity index (χ0n) is 53.9. The molecule has 0 radical (unpaired) electrons. The maximum atomic E-state index is 12.9. The van der Waals surface area contributed by atoms with E-state index in [1.54, 1.807) is 42.5 Å². The van der Waals surface area contributed by atoms with Crippen LogP contribution in [0.25, 0.3) is 33.4 Å². The van der Waals surface area contributed by atoms with Gasteiger partial charge in [-0.05, 0) is 197 Å². The van der Waals surface area contributed by atoms with Crippen molar-refractivity contribution in [3.63, 3.8) is 0 Å². The van der Waals surface area contributed by atoms with Gasteiger partial charge in [0.25, 0.3) is 0 Å². The zero-order valence-corrected chi connectivity index (χ0v) is 53.9. The fourth-order valence-electron chi connectivity index (χ4n) is 9.95. The largest absolute Gasteiger partial charge is 0.488 e. The van der Waals surface area contributed by atoms with E-state index in [1.165, 1.54) is 30.3 Å². The standard InChI is InChI=1S/2C20H22BF3O2.C14H12BF3O2.C12H24B2O4/c2*1-18(2)19(3,4)26-21(25-18)13-14-7-5-8-15(11-14)16-9-6-10-17(12-16)20(22,23)24;16-14(17,18)13-6-2-5-12(8-13)11-4-1-3-10(7-11)9-15(19)20;1-9(2)10(3,4)16-13(15-9)14-17-11(5,6)12(7,8)18-14/h2*5-12H,13H2,1-4H3;1-8,19-20H,9H2;1-8H3. The highest BCUT2D eigenvalue weighted by atomic mass is 19.4. The van der Waals surface area contributed by atoms with Gasteiger partial charge < -0.3 is 47.3 Å². The molecule has 10 rings (SSSR count). The van der Waals surface area contributed by atoms with E-state index in [-0.39, 0.29) is 43.0 Å². The number of alkyl halides is 9. The van der Waals surface area contributed by atoms with Crippen LogP contribution in [0.1, 0.15) is 144 Å². The Hall–Kier alpha value is -5.39. The minimum atomic E-state index is -4.38. The third-order valence-electron chi connectivity index (χ3n) is 17.9. The first kappa shape index (κ1) is 72.0. The van der Waals surface area contributed by atoms with E-state index >= 15 is 0 Å². The van der Waals surface area contributed by atoms with Gasteiger partial charge in [0.2, 0.25) is 0 Å². The van der Waals surface area contributed by atoms with E-state index in [1.807, 2.05) is 159 Å². The van der Waals surface area contributed by atoms with Crippen LogP contribution in [0.3, 0.4) is 0 Å². The van der Waals surface area contributed by atoms with Gasteiger partial charge >= 0.3 is 53.9 Å². The van der Waals surface area contributed by atoms with Gasteiger partial charge in [-0.2, -0.15) is 39.5 Å². The fraction of sp³-hybridized carbons (Fsp3) is 0.455. The van der Waals surface area contributed by atoms with Gasteiger partial charge in [0.05, 0.1) is 61.5 Å². The molecule has 4 aliphatic heterocycles. The molecular formula is C66H80B5F9O10. The van der Waals surface area contributed by atoms with Crippen molar-refractivity contribution >= 4 is 35.4 Å². The molecule has 4 heterocycles. The highest BCUT2D eigenvalue weighted by Gasteiger charge is 2.64. The first-order valence-electron chi connectivity index (χ1n) is 29.8. The summed E-state index contributed by atoms with van der Waals surface area (Å²) in [5.74, 6) is 0. The first-order valence-corrected chi connectivity index (χ1v) is 29.8. The van der Waals surface area contributed by atoms with Gasteiger partial charge in [0.15, 0.2) is 0 Å². The molecule has 0 spiro atoms. The second-order valence-electron chi connectivity index (χ2n) is 27.1. The van der Waals surface area contributed by atoms with Crippen molar-refractivity contribution in [2.24, 2.45) is 0 Å². The van der Waals surface area contributed by atoms with Crippen molar-refractivity contribution < 1.29 is 86.8 Å². The van der Waals surface area contributed by atoms with Crippen LogP contribution in [0.2, 0.25) is 0 Å². The predicted molar refractivity (Wildman–Crippen MR) is 336 cm³/mol. The average molecular weight is 1260 g/mol. The Morgan fingerprint density at radius 1 is 0.311 bits per heavy atom. The molecule has 4 aliphatic rings. The van der Waals surface area contributed by atoms with E-state index in [4.69, 9.17) is 47.3 Å². The molecule has 4 fully saturated rings. The maximum Gasteiger partial charge on any atom is 0.488 e.